The first-order valence-electron chi connectivity index (χ1n) is 5.80. The third-order valence-electron chi connectivity index (χ3n) is 3.45. The van der Waals surface area contributed by atoms with E-state index in [-0.39, 0.29) is 5.41 Å². The van der Waals surface area contributed by atoms with E-state index < -0.39 is 10.0 Å². The van der Waals surface area contributed by atoms with Crippen molar-refractivity contribution in [2.45, 2.75) is 36.9 Å². The monoisotopic (exact) mass is 274 g/mol. The normalized spacial score (nSPS) is 18.2. The predicted octanol–water partition coefficient (Wildman–Crippen LogP) is 1.68. The van der Waals surface area contributed by atoms with Crippen molar-refractivity contribution in [2.24, 2.45) is 11.1 Å². The van der Waals surface area contributed by atoms with Crippen molar-refractivity contribution in [2.75, 3.05) is 6.54 Å². The van der Waals surface area contributed by atoms with Crippen LogP contribution in [0.5, 0.6) is 0 Å². The smallest absolute Gasteiger partial charge is 0.250 e. The first-order chi connectivity index (χ1) is 8.01. The van der Waals surface area contributed by atoms with Crippen LogP contribution in [0.25, 0.3) is 0 Å². The van der Waals surface area contributed by atoms with Crippen LogP contribution in [-0.2, 0) is 16.6 Å². The zero-order valence-corrected chi connectivity index (χ0v) is 11.5. The molecule has 1 aromatic rings. The third-order valence-corrected chi connectivity index (χ3v) is 6.45. The van der Waals surface area contributed by atoms with Gasteiger partial charge in [-0.3, -0.25) is 0 Å². The van der Waals surface area contributed by atoms with Crippen molar-refractivity contribution >= 4 is 21.4 Å². The summed E-state index contributed by atoms with van der Waals surface area (Å²) in [4.78, 5) is 0.891. The van der Waals surface area contributed by atoms with Gasteiger partial charge < -0.3 is 5.73 Å². The molecular formula is C11H18N2O2S2. The molecule has 0 bridgehead atoms. The largest absolute Gasteiger partial charge is 0.326 e. The number of sulfonamides is 1. The molecule has 1 aliphatic rings. The molecule has 0 aromatic carbocycles. The van der Waals surface area contributed by atoms with E-state index in [1.165, 1.54) is 11.3 Å². The zero-order valence-electron chi connectivity index (χ0n) is 9.90. The Hall–Kier alpha value is -0.430. The first kappa shape index (κ1) is 13.0. The van der Waals surface area contributed by atoms with Crippen molar-refractivity contribution in [1.29, 1.82) is 0 Å². The van der Waals surface area contributed by atoms with E-state index in [1.807, 2.05) is 0 Å². The molecule has 6 heteroatoms. The molecule has 0 amide bonds. The van der Waals surface area contributed by atoms with Crippen molar-refractivity contribution in [3.63, 3.8) is 0 Å². The van der Waals surface area contributed by atoms with E-state index in [9.17, 15) is 8.42 Å². The van der Waals surface area contributed by atoms with Gasteiger partial charge in [-0.05, 0) is 36.8 Å². The quantitative estimate of drug-likeness (QED) is 0.829. The van der Waals surface area contributed by atoms with Gasteiger partial charge in [0.2, 0.25) is 10.0 Å². The highest BCUT2D eigenvalue weighted by Gasteiger charge is 2.41. The highest BCUT2D eigenvalue weighted by molar-refractivity contribution is 7.91. The second kappa shape index (κ2) is 4.68. The molecule has 1 fully saturated rings. The maximum atomic E-state index is 12.0. The Labute approximate surface area is 106 Å². The predicted molar refractivity (Wildman–Crippen MR) is 69.4 cm³/mol. The summed E-state index contributed by atoms with van der Waals surface area (Å²) >= 11 is 1.24. The SMILES string of the molecule is CCC1(CNS(=O)(=O)c2ccc(CN)s2)CC1. The van der Waals surface area contributed by atoms with Gasteiger partial charge in [0.1, 0.15) is 4.21 Å². The Balaban J connectivity index is 2.03. The van der Waals surface area contributed by atoms with Gasteiger partial charge in [-0.1, -0.05) is 6.92 Å². The second-order valence-electron chi connectivity index (χ2n) is 4.60. The van der Waals surface area contributed by atoms with Crippen LogP contribution in [0.4, 0.5) is 0 Å². The molecule has 0 atom stereocenters. The first-order valence-corrected chi connectivity index (χ1v) is 8.10. The summed E-state index contributed by atoms with van der Waals surface area (Å²) in [6.07, 6.45) is 3.29. The summed E-state index contributed by atoms with van der Waals surface area (Å²) in [6, 6.07) is 3.40. The van der Waals surface area contributed by atoms with Crippen molar-refractivity contribution in [3.8, 4) is 0 Å². The van der Waals surface area contributed by atoms with Crippen molar-refractivity contribution in [1.82, 2.24) is 4.72 Å². The number of nitrogens with two attached hydrogens (primary N) is 1. The molecule has 0 spiro atoms. The average Bonchev–Trinajstić information content (AvgIpc) is 2.94. The minimum Gasteiger partial charge on any atom is -0.326 e. The fraction of sp³-hybridized carbons (Fsp3) is 0.636. The van der Waals surface area contributed by atoms with Crippen molar-refractivity contribution < 1.29 is 8.42 Å². The Kier molecular flexibility index (Phi) is 3.58. The summed E-state index contributed by atoms with van der Waals surface area (Å²) in [7, 11) is -3.34. The molecule has 4 nitrogen and oxygen atoms in total. The summed E-state index contributed by atoms with van der Waals surface area (Å²) in [6.45, 7) is 3.06. The summed E-state index contributed by atoms with van der Waals surface area (Å²) < 4.78 is 27.1. The topological polar surface area (TPSA) is 72.2 Å². The number of nitrogens with one attached hydrogen (secondary N) is 1. The van der Waals surface area contributed by atoms with Gasteiger partial charge in [0.25, 0.3) is 0 Å². The van der Waals surface area contributed by atoms with Crippen LogP contribution in [0.15, 0.2) is 16.3 Å². The van der Waals surface area contributed by atoms with Gasteiger partial charge in [-0.15, -0.1) is 11.3 Å². The number of thiophene rings is 1. The molecular weight excluding hydrogens is 256 g/mol. The third kappa shape index (κ3) is 2.88. The molecule has 1 saturated carbocycles. The minimum absolute atomic E-state index is 0.223. The van der Waals surface area contributed by atoms with E-state index in [4.69, 9.17) is 5.73 Å². The lowest BCUT2D eigenvalue weighted by Crippen LogP contribution is -2.29. The lowest BCUT2D eigenvalue weighted by molar-refractivity contribution is 0.476. The number of rotatable bonds is 6. The van der Waals surface area contributed by atoms with E-state index >= 15 is 0 Å². The summed E-state index contributed by atoms with van der Waals surface area (Å²) in [5.74, 6) is 0. The van der Waals surface area contributed by atoms with E-state index in [2.05, 4.69) is 11.6 Å². The Morgan fingerprint density at radius 3 is 2.65 bits per heavy atom. The van der Waals surface area contributed by atoms with Gasteiger partial charge in [0.05, 0.1) is 0 Å². The van der Waals surface area contributed by atoms with E-state index in [1.54, 1.807) is 12.1 Å². The maximum absolute atomic E-state index is 12.0. The van der Waals surface area contributed by atoms with Gasteiger partial charge in [-0.25, -0.2) is 13.1 Å². The molecule has 2 rings (SSSR count). The second-order valence-corrected chi connectivity index (χ2v) is 7.77. The molecule has 0 aliphatic heterocycles. The van der Waals surface area contributed by atoms with Gasteiger partial charge in [0.15, 0.2) is 0 Å². The fourth-order valence-corrected chi connectivity index (χ4v) is 4.20. The lowest BCUT2D eigenvalue weighted by atomic mass is 10.1. The minimum atomic E-state index is -3.34. The number of hydrogen-bond donors (Lipinski definition) is 2. The van der Waals surface area contributed by atoms with Crippen LogP contribution in [0.3, 0.4) is 0 Å². The van der Waals surface area contributed by atoms with Crippen LogP contribution >= 0.6 is 11.3 Å². The molecule has 1 aromatic heterocycles. The van der Waals surface area contributed by atoms with E-state index in [0.29, 0.717) is 17.3 Å². The lowest BCUT2D eigenvalue weighted by Gasteiger charge is -2.12. The van der Waals surface area contributed by atoms with Crippen LogP contribution < -0.4 is 10.5 Å². The standard InChI is InChI=1S/C11H18N2O2S2/c1-2-11(5-6-11)8-13-17(14,15)10-4-3-9(7-12)16-10/h3-4,13H,2,5-8,12H2,1H3. The summed E-state index contributed by atoms with van der Waals surface area (Å²) in [5, 5.41) is 0. The van der Waals surface area contributed by atoms with Gasteiger partial charge in [-0.2, -0.15) is 0 Å². The van der Waals surface area contributed by atoms with Crippen LogP contribution in [0.2, 0.25) is 0 Å². The molecule has 0 saturated heterocycles. The van der Waals surface area contributed by atoms with Gasteiger partial charge in [0, 0.05) is 18.0 Å². The zero-order chi connectivity index (χ0) is 12.5. The van der Waals surface area contributed by atoms with E-state index in [0.717, 1.165) is 24.1 Å². The highest BCUT2D eigenvalue weighted by atomic mass is 32.2. The van der Waals surface area contributed by atoms with Gasteiger partial charge >= 0.3 is 0 Å². The Morgan fingerprint density at radius 1 is 1.47 bits per heavy atom. The molecule has 1 heterocycles. The Bertz CT molecular complexity index is 489. The molecule has 0 radical (unpaired) electrons. The average molecular weight is 274 g/mol. The molecule has 0 unspecified atom stereocenters. The summed E-state index contributed by atoms with van der Waals surface area (Å²) in [5.41, 5.74) is 5.70. The Morgan fingerprint density at radius 2 is 2.18 bits per heavy atom. The fourth-order valence-electron chi connectivity index (χ4n) is 1.76. The molecule has 3 N–H and O–H groups in total. The maximum Gasteiger partial charge on any atom is 0.250 e. The van der Waals surface area contributed by atoms with Crippen molar-refractivity contribution in [3.05, 3.63) is 17.0 Å². The molecule has 1 aliphatic carbocycles. The molecule has 17 heavy (non-hydrogen) atoms. The van der Waals surface area contributed by atoms with Crippen LogP contribution in [0.1, 0.15) is 31.1 Å². The molecule has 96 valence electrons. The van der Waals surface area contributed by atoms with Crippen LogP contribution in [0, 0.1) is 5.41 Å². The van der Waals surface area contributed by atoms with Crippen LogP contribution in [-0.4, -0.2) is 15.0 Å². The number of hydrogen-bond acceptors (Lipinski definition) is 4. The highest BCUT2D eigenvalue weighted by Crippen LogP contribution is 2.48.